The molecule has 1 aromatic carbocycles. The minimum atomic E-state index is -0.408. The topological polar surface area (TPSA) is 50.1 Å². The zero-order chi connectivity index (χ0) is 12.8. The van der Waals surface area contributed by atoms with Gasteiger partial charge in [-0.15, -0.1) is 0 Å². The summed E-state index contributed by atoms with van der Waals surface area (Å²) in [5.41, 5.74) is 2.81. The van der Waals surface area contributed by atoms with Crippen molar-refractivity contribution < 1.29 is 9.53 Å². The van der Waals surface area contributed by atoms with Crippen molar-refractivity contribution in [1.82, 2.24) is 0 Å². The normalized spacial score (nSPS) is 9.76. The van der Waals surface area contributed by atoms with Gasteiger partial charge in [-0.05, 0) is 37.0 Å². The highest BCUT2D eigenvalue weighted by molar-refractivity contribution is 5.93. The molecule has 90 valence electrons. The predicted molar refractivity (Wildman–Crippen MR) is 65.9 cm³/mol. The summed E-state index contributed by atoms with van der Waals surface area (Å²) in [7, 11) is 0. The van der Waals surface area contributed by atoms with E-state index in [1.165, 1.54) is 0 Å². The van der Waals surface area contributed by atoms with Crippen LogP contribution in [0, 0.1) is 11.3 Å². The van der Waals surface area contributed by atoms with Crippen molar-refractivity contribution in [3.8, 4) is 6.07 Å². The van der Waals surface area contributed by atoms with Crippen LogP contribution in [0.3, 0.4) is 0 Å². The third kappa shape index (κ3) is 2.85. The Morgan fingerprint density at radius 2 is 2.00 bits per heavy atom. The van der Waals surface area contributed by atoms with Gasteiger partial charge in [-0.2, -0.15) is 5.26 Å². The molecule has 0 radical (unpaired) electrons. The van der Waals surface area contributed by atoms with Gasteiger partial charge in [0, 0.05) is 0 Å². The molecule has 0 saturated heterocycles. The lowest BCUT2D eigenvalue weighted by Crippen LogP contribution is -2.09. The number of carbonyl (C=O) groups excluding carboxylic acids is 1. The van der Waals surface area contributed by atoms with Crippen LogP contribution in [-0.2, 0) is 17.6 Å². The molecule has 0 aliphatic carbocycles. The smallest absolute Gasteiger partial charge is 0.339 e. The highest BCUT2D eigenvalue weighted by Crippen LogP contribution is 2.19. The highest BCUT2D eigenvalue weighted by atomic mass is 16.5. The van der Waals surface area contributed by atoms with Gasteiger partial charge in [0.25, 0.3) is 0 Å². The average Bonchev–Trinajstić information content (AvgIpc) is 2.37. The number of aryl methyl sites for hydroxylation is 2. The highest BCUT2D eigenvalue weighted by Gasteiger charge is 2.16. The molecule has 3 nitrogen and oxygen atoms in total. The van der Waals surface area contributed by atoms with Crippen molar-refractivity contribution in [2.75, 3.05) is 6.61 Å². The van der Waals surface area contributed by atoms with Crippen LogP contribution < -0.4 is 0 Å². The van der Waals surface area contributed by atoms with Crippen LogP contribution in [-0.4, -0.2) is 12.6 Å². The van der Waals surface area contributed by atoms with Gasteiger partial charge in [0.05, 0.1) is 17.7 Å². The van der Waals surface area contributed by atoms with Crippen molar-refractivity contribution in [3.63, 3.8) is 0 Å². The van der Waals surface area contributed by atoms with E-state index in [1.54, 1.807) is 13.0 Å². The second-order valence-electron chi connectivity index (χ2n) is 3.72. The van der Waals surface area contributed by atoms with Crippen LogP contribution >= 0.6 is 0 Å². The second kappa shape index (κ2) is 6.05. The van der Waals surface area contributed by atoms with Gasteiger partial charge in [-0.25, -0.2) is 4.79 Å². The molecule has 0 aromatic heterocycles. The first-order chi connectivity index (χ1) is 8.17. The molecule has 0 unspecified atom stereocenters. The fourth-order valence-electron chi connectivity index (χ4n) is 1.75. The van der Waals surface area contributed by atoms with Crippen molar-refractivity contribution in [2.45, 2.75) is 33.6 Å². The van der Waals surface area contributed by atoms with E-state index in [0.29, 0.717) is 17.7 Å². The third-order valence-corrected chi connectivity index (χ3v) is 2.68. The largest absolute Gasteiger partial charge is 0.462 e. The number of nitriles is 1. The van der Waals surface area contributed by atoms with E-state index >= 15 is 0 Å². The standard InChI is InChI=1S/C14H17NO2/c1-4-10-7-11(5-2)13(9-15)12(8-10)14(16)17-6-3/h7-8H,4-6H2,1-3H3. The summed E-state index contributed by atoms with van der Waals surface area (Å²) in [6.45, 7) is 6.08. The number of carbonyl (C=O) groups is 1. The fourth-order valence-corrected chi connectivity index (χ4v) is 1.75. The first-order valence-electron chi connectivity index (χ1n) is 5.90. The minimum absolute atomic E-state index is 0.321. The number of esters is 1. The van der Waals surface area contributed by atoms with Gasteiger partial charge in [-0.1, -0.05) is 19.9 Å². The molecule has 0 aliphatic rings. The maximum atomic E-state index is 11.8. The molecule has 0 atom stereocenters. The van der Waals surface area contributed by atoms with Gasteiger partial charge in [-0.3, -0.25) is 0 Å². The van der Waals surface area contributed by atoms with E-state index in [2.05, 4.69) is 6.07 Å². The number of nitrogens with zero attached hydrogens (tertiary/aromatic N) is 1. The van der Waals surface area contributed by atoms with Gasteiger partial charge >= 0.3 is 5.97 Å². The minimum Gasteiger partial charge on any atom is -0.462 e. The molecule has 1 aromatic rings. The molecule has 0 aliphatic heterocycles. The van der Waals surface area contributed by atoms with Crippen molar-refractivity contribution in [1.29, 1.82) is 5.26 Å². The second-order valence-corrected chi connectivity index (χ2v) is 3.72. The van der Waals surface area contributed by atoms with Gasteiger partial charge < -0.3 is 4.74 Å². The van der Waals surface area contributed by atoms with Crippen LogP contribution in [0.1, 0.15) is 47.8 Å². The summed E-state index contributed by atoms with van der Waals surface area (Å²) in [5.74, 6) is -0.408. The molecule has 0 bridgehead atoms. The first kappa shape index (κ1) is 13.2. The van der Waals surface area contributed by atoms with Crippen molar-refractivity contribution in [2.24, 2.45) is 0 Å². The zero-order valence-electron chi connectivity index (χ0n) is 10.5. The van der Waals surface area contributed by atoms with Crippen molar-refractivity contribution in [3.05, 3.63) is 34.4 Å². The van der Waals surface area contributed by atoms with E-state index in [4.69, 9.17) is 10.00 Å². The summed E-state index contributed by atoms with van der Waals surface area (Å²) in [6, 6.07) is 5.85. The van der Waals surface area contributed by atoms with E-state index in [-0.39, 0.29) is 0 Å². The lowest BCUT2D eigenvalue weighted by molar-refractivity contribution is 0.0525. The molecule has 0 fully saturated rings. The monoisotopic (exact) mass is 231 g/mol. The van der Waals surface area contributed by atoms with Crippen LogP contribution in [0.4, 0.5) is 0 Å². The number of benzene rings is 1. The maximum absolute atomic E-state index is 11.8. The predicted octanol–water partition coefficient (Wildman–Crippen LogP) is 2.86. The maximum Gasteiger partial charge on any atom is 0.339 e. The third-order valence-electron chi connectivity index (χ3n) is 2.68. The van der Waals surface area contributed by atoms with E-state index < -0.39 is 5.97 Å². The molecule has 17 heavy (non-hydrogen) atoms. The average molecular weight is 231 g/mol. The molecule has 3 heteroatoms. The summed E-state index contributed by atoms with van der Waals surface area (Å²) < 4.78 is 4.98. The Labute approximate surface area is 102 Å². The van der Waals surface area contributed by atoms with Crippen LogP contribution in [0.5, 0.6) is 0 Å². The Morgan fingerprint density at radius 1 is 1.29 bits per heavy atom. The lowest BCUT2D eigenvalue weighted by Gasteiger charge is -2.10. The molecule has 1 rings (SSSR count). The number of rotatable bonds is 4. The molecule has 0 heterocycles. The summed E-state index contributed by atoms with van der Waals surface area (Å²) in [6.07, 6.45) is 1.58. The van der Waals surface area contributed by atoms with Crippen LogP contribution in [0.25, 0.3) is 0 Å². The first-order valence-corrected chi connectivity index (χ1v) is 5.90. The van der Waals surface area contributed by atoms with Crippen LogP contribution in [0.15, 0.2) is 12.1 Å². The molecular formula is C14H17NO2. The fraction of sp³-hybridized carbons (Fsp3) is 0.429. The summed E-state index contributed by atoms with van der Waals surface area (Å²) >= 11 is 0. The Bertz CT molecular complexity index is 458. The van der Waals surface area contributed by atoms with Crippen LogP contribution in [0.2, 0.25) is 0 Å². The lowest BCUT2D eigenvalue weighted by atomic mass is 9.96. The van der Waals surface area contributed by atoms with E-state index in [1.807, 2.05) is 19.9 Å². The number of hydrogen-bond acceptors (Lipinski definition) is 3. The molecular weight excluding hydrogens is 214 g/mol. The Hall–Kier alpha value is -1.82. The molecule has 0 spiro atoms. The number of ether oxygens (including phenoxy) is 1. The van der Waals surface area contributed by atoms with E-state index in [0.717, 1.165) is 24.0 Å². The molecule has 0 saturated carbocycles. The van der Waals surface area contributed by atoms with E-state index in [9.17, 15) is 4.79 Å². The van der Waals surface area contributed by atoms with Gasteiger partial charge in [0.2, 0.25) is 0 Å². The quantitative estimate of drug-likeness (QED) is 0.749. The Kier molecular flexibility index (Phi) is 4.71. The SMILES string of the molecule is CCOC(=O)c1cc(CC)cc(CC)c1C#N. The number of hydrogen-bond donors (Lipinski definition) is 0. The Balaban J connectivity index is 3.35. The molecule has 0 amide bonds. The van der Waals surface area contributed by atoms with Gasteiger partial charge in [0.1, 0.15) is 6.07 Å². The van der Waals surface area contributed by atoms with Gasteiger partial charge in [0.15, 0.2) is 0 Å². The zero-order valence-corrected chi connectivity index (χ0v) is 10.5. The molecule has 0 N–H and O–H groups in total. The summed E-state index contributed by atoms with van der Waals surface area (Å²) in [4.78, 5) is 11.8. The summed E-state index contributed by atoms with van der Waals surface area (Å²) in [5, 5.41) is 9.15. The Morgan fingerprint density at radius 3 is 2.47 bits per heavy atom. The van der Waals surface area contributed by atoms with Crippen molar-refractivity contribution >= 4 is 5.97 Å².